The van der Waals surface area contributed by atoms with Crippen molar-refractivity contribution in [3.63, 3.8) is 0 Å². The highest BCUT2D eigenvalue weighted by atomic mass is 32.2. The first-order valence-electron chi connectivity index (χ1n) is 11.1. The van der Waals surface area contributed by atoms with E-state index in [-0.39, 0.29) is 10.8 Å². The quantitative estimate of drug-likeness (QED) is 0.523. The summed E-state index contributed by atoms with van der Waals surface area (Å²) < 4.78 is 34.3. The molecular formula is C26H28N2O4S. The molecule has 33 heavy (non-hydrogen) atoms. The summed E-state index contributed by atoms with van der Waals surface area (Å²) in [5.41, 5.74) is 3.66. The van der Waals surface area contributed by atoms with Crippen molar-refractivity contribution in [2.24, 2.45) is 0 Å². The average Bonchev–Trinajstić information content (AvgIpc) is 2.82. The number of carbonyl (C=O) groups is 1. The fourth-order valence-electron chi connectivity index (χ4n) is 3.99. The third-order valence-electron chi connectivity index (χ3n) is 5.63. The van der Waals surface area contributed by atoms with Gasteiger partial charge in [-0.1, -0.05) is 25.1 Å². The van der Waals surface area contributed by atoms with Crippen molar-refractivity contribution in [1.29, 1.82) is 0 Å². The number of aryl methyl sites for hydroxylation is 2. The number of hydrogen-bond donors (Lipinski definition) is 1. The van der Waals surface area contributed by atoms with Crippen LogP contribution < -0.4 is 14.4 Å². The second-order valence-corrected chi connectivity index (χ2v) is 9.83. The lowest BCUT2D eigenvalue weighted by atomic mass is 10.00. The standard InChI is InChI=1S/C26H28N2O4S/c1-3-16-32-25-14-12-23(17-19(25)2)33(30,31)27-22-11-13-24-21(18-22)10-7-15-28(24)26(29)20-8-5-4-6-9-20/h4-6,8-9,11-14,17-18,27H,3,7,10,15-16H2,1-2H3. The summed E-state index contributed by atoms with van der Waals surface area (Å²) in [5.74, 6) is 0.637. The molecule has 1 aliphatic rings. The van der Waals surface area contributed by atoms with Gasteiger partial charge in [0, 0.05) is 23.5 Å². The van der Waals surface area contributed by atoms with Gasteiger partial charge in [0.1, 0.15) is 5.75 Å². The highest BCUT2D eigenvalue weighted by Gasteiger charge is 2.24. The van der Waals surface area contributed by atoms with Gasteiger partial charge in [-0.3, -0.25) is 9.52 Å². The number of fused-ring (bicyclic) bond motifs is 1. The normalized spacial score (nSPS) is 13.3. The van der Waals surface area contributed by atoms with E-state index >= 15 is 0 Å². The second kappa shape index (κ2) is 9.67. The Balaban J connectivity index is 1.55. The predicted molar refractivity (Wildman–Crippen MR) is 131 cm³/mol. The van der Waals surface area contributed by atoms with Crippen LogP contribution in [0.4, 0.5) is 11.4 Å². The van der Waals surface area contributed by atoms with Crippen LogP contribution >= 0.6 is 0 Å². The predicted octanol–water partition coefficient (Wildman–Crippen LogP) is 5.18. The maximum Gasteiger partial charge on any atom is 0.261 e. The molecule has 4 rings (SSSR count). The molecule has 0 spiro atoms. The molecule has 1 heterocycles. The van der Waals surface area contributed by atoms with Crippen molar-refractivity contribution in [2.45, 2.75) is 38.0 Å². The summed E-state index contributed by atoms with van der Waals surface area (Å²) >= 11 is 0. The minimum Gasteiger partial charge on any atom is -0.493 e. The van der Waals surface area contributed by atoms with Crippen molar-refractivity contribution in [2.75, 3.05) is 22.8 Å². The molecule has 6 nitrogen and oxygen atoms in total. The molecule has 0 atom stereocenters. The number of amides is 1. The van der Waals surface area contributed by atoms with Crippen LogP contribution in [0, 0.1) is 6.92 Å². The Morgan fingerprint density at radius 3 is 2.58 bits per heavy atom. The van der Waals surface area contributed by atoms with Crippen LogP contribution in [0.25, 0.3) is 0 Å². The van der Waals surface area contributed by atoms with Gasteiger partial charge in [-0.05, 0) is 85.8 Å². The van der Waals surface area contributed by atoms with E-state index in [0.717, 1.165) is 36.1 Å². The number of hydrogen-bond acceptors (Lipinski definition) is 4. The molecule has 0 fully saturated rings. The molecule has 7 heteroatoms. The fourth-order valence-corrected chi connectivity index (χ4v) is 5.12. The van der Waals surface area contributed by atoms with Crippen molar-refractivity contribution in [3.05, 3.63) is 83.4 Å². The zero-order chi connectivity index (χ0) is 23.4. The lowest BCUT2D eigenvalue weighted by Crippen LogP contribution is -2.35. The Bertz CT molecular complexity index is 1260. The lowest BCUT2D eigenvalue weighted by molar-refractivity contribution is 0.0985. The zero-order valence-corrected chi connectivity index (χ0v) is 19.7. The second-order valence-electron chi connectivity index (χ2n) is 8.15. The number of nitrogens with zero attached hydrogens (tertiary/aromatic N) is 1. The number of sulfonamides is 1. The SMILES string of the molecule is CCCOc1ccc(S(=O)(=O)Nc2ccc3c(c2)CCCN3C(=O)c2ccccc2)cc1C. The van der Waals surface area contributed by atoms with Gasteiger partial charge in [0.25, 0.3) is 15.9 Å². The molecule has 0 aromatic heterocycles. The van der Waals surface area contributed by atoms with Crippen LogP contribution in [-0.4, -0.2) is 27.5 Å². The van der Waals surface area contributed by atoms with E-state index < -0.39 is 10.0 Å². The topological polar surface area (TPSA) is 75.7 Å². The Labute approximate surface area is 195 Å². The van der Waals surface area contributed by atoms with Gasteiger partial charge in [0.05, 0.1) is 11.5 Å². The summed E-state index contributed by atoms with van der Waals surface area (Å²) in [6.07, 6.45) is 2.49. The molecule has 0 saturated heterocycles. The first-order chi connectivity index (χ1) is 15.9. The number of carbonyl (C=O) groups excluding carboxylic acids is 1. The summed E-state index contributed by atoms with van der Waals surface area (Å²) in [6.45, 7) is 5.08. The van der Waals surface area contributed by atoms with Gasteiger partial charge >= 0.3 is 0 Å². The number of anilines is 2. The number of nitrogens with one attached hydrogen (secondary N) is 1. The van der Waals surface area contributed by atoms with E-state index in [2.05, 4.69) is 4.72 Å². The zero-order valence-electron chi connectivity index (χ0n) is 18.9. The Morgan fingerprint density at radius 2 is 1.85 bits per heavy atom. The fraction of sp³-hybridized carbons (Fsp3) is 0.269. The van der Waals surface area contributed by atoms with E-state index in [9.17, 15) is 13.2 Å². The van der Waals surface area contributed by atoms with Crippen molar-refractivity contribution in [1.82, 2.24) is 0 Å². The molecule has 0 aliphatic carbocycles. The van der Waals surface area contributed by atoms with Crippen LogP contribution in [0.3, 0.4) is 0 Å². The van der Waals surface area contributed by atoms with E-state index in [1.807, 2.05) is 44.2 Å². The summed E-state index contributed by atoms with van der Waals surface area (Å²) in [7, 11) is -3.76. The summed E-state index contributed by atoms with van der Waals surface area (Å²) in [4.78, 5) is 14.9. The van der Waals surface area contributed by atoms with E-state index in [1.165, 1.54) is 0 Å². The molecule has 0 radical (unpaired) electrons. The van der Waals surface area contributed by atoms with Gasteiger partial charge < -0.3 is 9.64 Å². The molecule has 3 aromatic rings. The van der Waals surface area contributed by atoms with Crippen molar-refractivity contribution in [3.8, 4) is 5.75 Å². The van der Waals surface area contributed by atoms with E-state index in [0.29, 0.717) is 30.2 Å². The third-order valence-corrected chi connectivity index (χ3v) is 7.01. The Hall–Kier alpha value is -3.32. The molecule has 0 bridgehead atoms. The van der Waals surface area contributed by atoms with Crippen LogP contribution in [0.1, 0.15) is 41.3 Å². The molecular weight excluding hydrogens is 436 g/mol. The molecule has 1 aliphatic heterocycles. The molecule has 1 amide bonds. The number of benzene rings is 3. The molecule has 0 saturated carbocycles. The van der Waals surface area contributed by atoms with E-state index in [1.54, 1.807) is 41.3 Å². The Morgan fingerprint density at radius 1 is 1.06 bits per heavy atom. The van der Waals surface area contributed by atoms with Gasteiger partial charge in [0.2, 0.25) is 0 Å². The molecule has 1 N–H and O–H groups in total. The summed E-state index contributed by atoms with van der Waals surface area (Å²) in [6, 6.07) is 19.4. The minimum atomic E-state index is -3.76. The van der Waals surface area contributed by atoms with Crippen LogP contribution in [0.2, 0.25) is 0 Å². The first-order valence-corrected chi connectivity index (χ1v) is 12.6. The van der Waals surface area contributed by atoms with Gasteiger partial charge in [-0.15, -0.1) is 0 Å². The number of rotatable bonds is 7. The molecule has 0 unspecified atom stereocenters. The Kier molecular flexibility index (Phi) is 6.70. The largest absolute Gasteiger partial charge is 0.493 e. The highest BCUT2D eigenvalue weighted by molar-refractivity contribution is 7.92. The van der Waals surface area contributed by atoms with Gasteiger partial charge in [-0.2, -0.15) is 0 Å². The van der Waals surface area contributed by atoms with Crippen LogP contribution in [0.15, 0.2) is 71.6 Å². The van der Waals surface area contributed by atoms with Crippen molar-refractivity contribution >= 4 is 27.3 Å². The highest BCUT2D eigenvalue weighted by Crippen LogP contribution is 2.32. The number of ether oxygens (including phenoxy) is 1. The smallest absolute Gasteiger partial charge is 0.261 e. The van der Waals surface area contributed by atoms with Crippen LogP contribution in [0.5, 0.6) is 5.75 Å². The van der Waals surface area contributed by atoms with Crippen molar-refractivity contribution < 1.29 is 17.9 Å². The van der Waals surface area contributed by atoms with Gasteiger partial charge in [0.15, 0.2) is 0 Å². The molecule has 172 valence electrons. The maximum atomic E-state index is 13.0. The monoisotopic (exact) mass is 464 g/mol. The minimum absolute atomic E-state index is 0.0502. The maximum absolute atomic E-state index is 13.0. The lowest BCUT2D eigenvalue weighted by Gasteiger charge is -2.30. The van der Waals surface area contributed by atoms with Gasteiger partial charge in [-0.25, -0.2) is 8.42 Å². The van der Waals surface area contributed by atoms with Crippen LogP contribution in [-0.2, 0) is 16.4 Å². The third kappa shape index (κ3) is 5.03. The average molecular weight is 465 g/mol. The first kappa shape index (κ1) is 22.9. The van der Waals surface area contributed by atoms with E-state index in [4.69, 9.17) is 4.74 Å². The molecule has 3 aromatic carbocycles. The summed E-state index contributed by atoms with van der Waals surface area (Å²) in [5, 5.41) is 0.